The minimum absolute atomic E-state index is 0.291. The predicted octanol–water partition coefficient (Wildman–Crippen LogP) is 2.43. The zero-order valence-electron chi connectivity index (χ0n) is 9.37. The molecule has 0 spiro atoms. The summed E-state index contributed by atoms with van der Waals surface area (Å²) in [6.07, 6.45) is 0. The Bertz CT molecular complexity index is 507. The summed E-state index contributed by atoms with van der Waals surface area (Å²) >= 11 is 1.22. The van der Waals surface area contributed by atoms with E-state index >= 15 is 0 Å². The van der Waals surface area contributed by atoms with Crippen LogP contribution in [0.5, 0.6) is 0 Å². The van der Waals surface area contributed by atoms with Crippen molar-refractivity contribution in [2.45, 2.75) is 13.0 Å². The fourth-order valence-corrected chi connectivity index (χ4v) is 2.48. The SMILES string of the molecule is CNC(c1cc(F)cc(F)c1)c1snnc1C. The van der Waals surface area contributed by atoms with Gasteiger partial charge in [0.1, 0.15) is 11.6 Å². The number of nitrogens with zero attached hydrogens (tertiary/aromatic N) is 2. The number of halogens is 2. The second kappa shape index (κ2) is 4.85. The highest BCUT2D eigenvalue weighted by molar-refractivity contribution is 7.05. The van der Waals surface area contributed by atoms with E-state index in [0.29, 0.717) is 5.56 Å². The number of nitrogens with one attached hydrogen (secondary N) is 1. The van der Waals surface area contributed by atoms with Gasteiger partial charge >= 0.3 is 0 Å². The molecule has 0 amide bonds. The lowest BCUT2D eigenvalue weighted by molar-refractivity contribution is 0.572. The van der Waals surface area contributed by atoms with Crippen molar-refractivity contribution in [2.75, 3.05) is 7.05 Å². The van der Waals surface area contributed by atoms with Crippen LogP contribution in [-0.4, -0.2) is 16.6 Å². The van der Waals surface area contributed by atoms with Crippen molar-refractivity contribution >= 4 is 11.5 Å². The van der Waals surface area contributed by atoms with Crippen LogP contribution in [0.2, 0.25) is 0 Å². The molecule has 0 aliphatic carbocycles. The summed E-state index contributed by atoms with van der Waals surface area (Å²) in [5, 5.41) is 6.91. The summed E-state index contributed by atoms with van der Waals surface area (Å²) in [4.78, 5) is 0.859. The molecule has 2 rings (SSSR count). The van der Waals surface area contributed by atoms with Crippen LogP contribution in [0.4, 0.5) is 8.78 Å². The van der Waals surface area contributed by atoms with Crippen molar-refractivity contribution in [3.8, 4) is 0 Å². The average molecular weight is 255 g/mol. The zero-order chi connectivity index (χ0) is 12.4. The molecule has 1 aromatic carbocycles. The molecule has 1 unspecified atom stereocenters. The fraction of sp³-hybridized carbons (Fsp3) is 0.273. The van der Waals surface area contributed by atoms with Gasteiger partial charge in [-0.05, 0) is 43.2 Å². The molecule has 0 radical (unpaired) electrons. The molecule has 3 nitrogen and oxygen atoms in total. The third-order valence-corrected chi connectivity index (χ3v) is 3.35. The van der Waals surface area contributed by atoms with E-state index in [-0.39, 0.29) is 6.04 Å². The lowest BCUT2D eigenvalue weighted by atomic mass is 10.0. The van der Waals surface area contributed by atoms with E-state index in [4.69, 9.17) is 0 Å². The number of benzene rings is 1. The molecule has 1 aromatic heterocycles. The summed E-state index contributed by atoms with van der Waals surface area (Å²) in [5.74, 6) is -1.18. The van der Waals surface area contributed by atoms with E-state index in [1.165, 1.54) is 23.7 Å². The van der Waals surface area contributed by atoms with E-state index < -0.39 is 11.6 Å². The highest BCUT2D eigenvalue weighted by atomic mass is 32.1. The third kappa shape index (κ3) is 2.48. The van der Waals surface area contributed by atoms with Gasteiger partial charge in [-0.1, -0.05) is 4.49 Å². The first-order chi connectivity index (χ1) is 8.11. The standard InChI is InChI=1S/C11H11F2N3S/c1-6-11(17-16-15-6)10(14-2)7-3-8(12)5-9(13)4-7/h3-5,10,14H,1-2H3. The second-order valence-electron chi connectivity index (χ2n) is 3.65. The third-order valence-electron chi connectivity index (χ3n) is 2.46. The number of aromatic nitrogens is 2. The molecule has 17 heavy (non-hydrogen) atoms. The number of aryl methyl sites for hydroxylation is 1. The Labute approximate surface area is 102 Å². The van der Waals surface area contributed by atoms with Crippen molar-refractivity contribution in [2.24, 2.45) is 0 Å². The lowest BCUT2D eigenvalue weighted by Gasteiger charge is -2.15. The molecule has 1 heterocycles. The Balaban J connectivity index is 2.45. The molecule has 0 aliphatic rings. The molecule has 0 aliphatic heterocycles. The minimum atomic E-state index is -0.588. The maximum absolute atomic E-state index is 13.2. The summed E-state index contributed by atoms with van der Waals surface area (Å²) < 4.78 is 30.2. The van der Waals surface area contributed by atoms with Gasteiger partial charge in [-0.25, -0.2) is 8.78 Å². The number of rotatable bonds is 3. The summed E-state index contributed by atoms with van der Waals surface area (Å²) in [5.41, 5.74) is 1.29. The maximum Gasteiger partial charge on any atom is 0.126 e. The second-order valence-corrected chi connectivity index (χ2v) is 4.43. The van der Waals surface area contributed by atoms with Crippen LogP contribution in [0.1, 0.15) is 22.2 Å². The van der Waals surface area contributed by atoms with Crippen molar-refractivity contribution in [3.63, 3.8) is 0 Å². The monoisotopic (exact) mass is 255 g/mol. The van der Waals surface area contributed by atoms with Gasteiger partial charge < -0.3 is 5.32 Å². The largest absolute Gasteiger partial charge is 0.309 e. The Morgan fingerprint density at radius 3 is 2.35 bits per heavy atom. The van der Waals surface area contributed by atoms with E-state index in [1.54, 1.807) is 7.05 Å². The van der Waals surface area contributed by atoms with Gasteiger partial charge in [0, 0.05) is 6.07 Å². The molecular weight excluding hydrogens is 244 g/mol. The number of hydrogen-bond donors (Lipinski definition) is 1. The topological polar surface area (TPSA) is 37.8 Å². The van der Waals surface area contributed by atoms with Crippen molar-refractivity contribution in [1.29, 1.82) is 0 Å². The molecule has 0 bridgehead atoms. The Kier molecular flexibility index (Phi) is 3.44. The van der Waals surface area contributed by atoms with Gasteiger partial charge in [0.15, 0.2) is 0 Å². The molecule has 0 saturated carbocycles. The van der Waals surface area contributed by atoms with E-state index in [9.17, 15) is 8.78 Å². The van der Waals surface area contributed by atoms with E-state index in [1.807, 2.05) is 6.92 Å². The molecule has 90 valence electrons. The predicted molar refractivity (Wildman–Crippen MR) is 61.9 cm³/mol. The molecule has 6 heteroatoms. The van der Waals surface area contributed by atoms with Crippen LogP contribution in [0.3, 0.4) is 0 Å². The van der Waals surface area contributed by atoms with Crippen LogP contribution in [-0.2, 0) is 0 Å². The molecule has 1 atom stereocenters. The van der Waals surface area contributed by atoms with Crippen LogP contribution < -0.4 is 5.32 Å². The Morgan fingerprint density at radius 2 is 1.88 bits per heavy atom. The molecule has 0 fully saturated rings. The number of hydrogen-bond acceptors (Lipinski definition) is 4. The van der Waals surface area contributed by atoms with Gasteiger partial charge in [-0.2, -0.15) is 0 Å². The highest BCUT2D eigenvalue weighted by Crippen LogP contribution is 2.27. The van der Waals surface area contributed by atoms with Crippen LogP contribution in [0.15, 0.2) is 18.2 Å². The van der Waals surface area contributed by atoms with Gasteiger partial charge in [-0.15, -0.1) is 5.10 Å². The van der Waals surface area contributed by atoms with Crippen LogP contribution in [0, 0.1) is 18.6 Å². The summed E-state index contributed by atoms with van der Waals surface area (Å²) in [6.45, 7) is 1.82. The van der Waals surface area contributed by atoms with Crippen LogP contribution >= 0.6 is 11.5 Å². The lowest BCUT2D eigenvalue weighted by Crippen LogP contribution is -2.17. The van der Waals surface area contributed by atoms with Gasteiger partial charge in [0.05, 0.1) is 16.6 Å². The first-order valence-electron chi connectivity index (χ1n) is 5.04. The average Bonchev–Trinajstić information content (AvgIpc) is 2.65. The van der Waals surface area contributed by atoms with E-state index in [0.717, 1.165) is 16.6 Å². The van der Waals surface area contributed by atoms with Gasteiger partial charge in [0.25, 0.3) is 0 Å². The molecular formula is C11H11F2N3S. The normalized spacial score (nSPS) is 12.7. The molecule has 1 N–H and O–H groups in total. The van der Waals surface area contributed by atoms with E-state index in [2.05, 4.69) is 14.9 Å². The Morgan fingerprint density at radius 1 is 1.24 bits per heavy atom. The van der Waals surface area contributed by atoms with Gasteiger partial charge in [-0.3, -0.25) is 0 Å². The minimum Gasteiger partial charge on any atom is -0.309 e. The van der Waals surface area contributed by atoms with Crippen molar-refractivity contribution in [3.05, 3.63) is 46.0 Å². The summed E-state index contributed by atoms with van der Waals surface area (Å²) in [7, 11) is 1.73. The first kappa shape index (κ1) is 12.1. The molecule has 0 saturated heterocycles. The quantitative estimate of drug-likeness (QED) is 0.915. The fourth-order valence-electron chi connectivity index (χ4n) is 1.69. The van der Waals surface area contributed by atoms with Crippen molar-refractivity contribution < 1.29 is 8.78 Å². The summed E-state index contributed by atoms with van der Waals surface area (Å²) in [6, 6.07) is 3.18. The molecule has 2 aromatic rings. The van der Waals surface area contributed by atoms with Crippen molar-refractivity contribution in [1.82, 2.24) is 14.9 Å². The first-order valence-corrected chi connectivity index (χ1v) is 5.81. The maximum atomic E-state index is 13.2. The smallest absolute Gasteiger partial charge is 0.126 e. The highest BCUT2D eigenvalue weighted by Gasteiger charge is 2.18. The Hall–Kier alpha value is -1.40. The van der Waals surface area contributed by atoms with Gasteiger partial charge in [0.2, 0.25) is 0 Å². The van der Waals surface area contributed by atoms with Crippen LogP contribution in [0.25, 0.3) is 0 Å². The zero-order valence-corrected chi connectivity index (χ0v) is 10.2.